The maximum absolute atomic E-state index is 12.6. The Morgan fingerprint density at radius 1 is 1.26 bits per heavy atom. The Balaban J connectivity index is 2.34. The number of carbonyl (C=O) groups excluding carboxylic acids is 1. The lowest BCUT2D eigenvalue weighted by Crippen LogP contribution is -2.16. The lowest BCUT2D eigenvalue weighted by molar-refractivity contribution is -0.385. The van der Waals surface area contributed by atoms with Gasteiger partial charge in [-0.05, 0) is 43.0 Å². The van der Waals surface area contributed by atoms with Crippen LogP contribution in [0.25, 0.3) is 0 Å². The largest absolute Gasteiger partial charge is 0.339 e. The van der Waals surface area contributed by atoms with E-state index in [1.165, 1.54) is 24.0 Å². The highest BCUT2D eigenvalue weighted by Gasteiger charge is 2.22. The highest BCUT2D eigenvalue weighted by Crippen LogP contribution is 2.31. The Morgan fingerprint density at radius 2 is 1.93 bits per heavy atom. The second kappa shape index (κ2) is 8.15. The molecule has 27 heavy (non-hydrogen) atoms. The van der Waals surface area contributed by atoms with Gasteiger partial charge in [-0.2, -0.15) is 0 Å². The van der Waals surface area contributed by atoms with Gasteiger partial charge in [0.1, 0.15) is 0 Å². The Bertz CT molecular complexity index is 1010. The lowest BCUT2D eigenvalue weighted by Gasteiger charge is -2.12. The molecule has 2 aromatic rings. The number of thioether (sulfide) groups is 1. The minimum Gasteiger partial charge on any atom is -0.339 e. The number of sulfonamides is 1. The Morgan fingerprint density at radius 3 is 2.52 bits per heavy atom. The second-order valence-corrected chi connectivity index (χ2v) is 8.82. The summed E-state index contributed by atoms with van der Waals surface area (Å²) in [5.74, 6) is 0. The van der Waals surface area contributed by atoms with E-state index in [1.807, 2.05) is 0 Å². The van der Waals surface area contributed by atoms with Gasteiger partial charge in [0, 0.05) is 36.3 Å². The van der Waals surface area contributed by atoms with Crippen LogP contribution in [0.5, 0.6) is 0 Å². The topological polar surface area (TPSA) is 110 Å². The summed E-state index contributed by atoms with van der Waals surface area (Å²) in [6, 6.07) is 8.36. The Labute approximate surface area is 165 Å². The summed E-state index contributed by atoms with van der Waals surface area (Å²) >= 11 is 6.88. The van der Waals surface area contributed by atoms with Crippen molar-refractivity contribution in [3.63, 3.8) is 0 Å². The monoisotopic (exact) mass is 429 g/mol. The van der Waals surface area contributed by atoms with Crippen LogP contribution in [0.3, 0.4) is 0 Å². The minimum atomic E-state index is -4.11. The molecule has 0 radical (unpaired) electrons. The molecule has 0 atom stereocenters. The molecule has 2 rings (SSSR count). The lowest BCUT2D eigenvalue weighted by atomic mass is 10.2. The Kier molecular flexibility index (Phi) is 6.34. The predicted octanol–water partition coefficient (Wildman–Crippen LogP) is 4.13. The molecule has 11 heteroatoms. The van der Waals surface area contributed by atoms with E-state index >= 15 is 0 Å². The number of nitrogens with one attached hydrogen (secondary N) is 1. The molecule has 0 unspecified atom stereocenters. The number of rotatable bonds is 5. The maximum atomic E-state index is 12.6. The van der Waals surface area contributed by atoms with Crippen molar-refractivity contribution in [2.75, 3.05) is 18.8 Å². The van der Waals surface area contributed by atoms with Crippen molar-refractivity contribution in [3.8, 4) is 0 Å². The van der Waals surface area contributed by atoms with Crippen LogP contribution in [-0.2, 0) is 10.0 Å². The quantitative estimate of drug-likeness (QED) is 0.434. The van der Waals surface area contributed by atoms with Crippen molar-refractivity contribution >= 4 is 50.0 Å². The van der Waals surface area contributed by atoms with Gasteiger partial charge in [-0.25, -0.2) is 8.42 Å². The zero-order valence-electron chi connectivity index (χ0n) is 14.6. The number of nitro groups is 1. The normalized spacial score (nSPS) is 11.1. The van der Waals surface area contributed by atoms with Gasteiger partial charge in [-0.15, -0.1) is 0 Å². The van der Waals surface area contributed by atoms with Crippen LogP contribution < -0.4 is 4.72 Å². The Hall–Kier alpha value is -2.30. The van der Waals surface area contributed by atoms with E-state index in [2.05, 4.69) is 4.72 Å². The van der Waals surface area contributed by atoms with Crippen LogP contribution in [0.4, 0.5) is 16.2 Å². The second-order valence-electron chi connectivity index (χ2n) is 5.70. The molecule has 2 aromatic carbocycles. The van der Waals surface area contributed by atoms with Crippen LogP contribution in [-0.4, -0.2) is 37.6 Å². The molecule has 0 spiro atoms. The average molecular weight is 430 g/mol. The van der Waals surface area contributed by atoms with Gasteiger partial charge in [0.05, 0.1) is 14.8 Å². The first kappa shape index (κ1) is 21.0. The first-order chi connectivity index (χ1) is 12.5. The first-order valence-corrected chi connectivity index (χ1v) is 10.2. The van der Waals surface area contributed by atoms with Gasteiger partial charge in [0.2, 0.25) is 0 Å². The number of anilines is 1. The van der Waals surface area contributed by atoms with Crippen LogP contribution in [0.1, 0.15) is 5.56 Å². The molecule has 0 aliphatic heterocycles. The standard InChI is InChI=1S/C16H16ClN3O5S2/c1-10-14(17)8-13(9-15(10)20(22)23)27(24,25)18-11-5-4-6-12(7-11)26-16(21)19(2)3/h4-9,18H,1-3H3. The number of hydrogen-bond donors (Lipinski definition) is 1. The fraction of sp³-hybridized carbons (Fsp3) is 0.188. The average Bonchev–Trinajstić information content (AvgIpc) is 2.56. The van der Waals surface area contributed by atoms with Gasteiger partial charge < -0.3 is 4.90 Å². The van der Waals surface area contributed by atoms with E-state index in [9.17, 15) is 23.3 Å². The van der Waals surface area contributed by atoms with Gasteiger partial charge in [-0.3, -0.25) is 19.6 Å². The third-order valence-electron chi connectivity index (χ3n) is 3.45. The van der Waals surface area contributed by atoms with Crippen molar-refractivity contribution in [3.05, 3.63) is 57.1 Å². The molecule has 0 aliphatic carbocycles. The highest BCUT2D eigenvalue weighted by atomic mass is 35.5. The number of nitro benzene ring substituents is 1. The minimum absolute atomic E-state index is 0.0227. The molecule has 0 fully saturated rings. The van der Waals surface area contributed by atoms with Gasteiger partial charge in [-0.1, -0.05) is 17.7 Å². The van der Waals surface area contributed by atoms with Gasteiger partial charge >= 0.3 is 0 Å². The highest BCUT2D eigenvalue weighted by molar-refractivity contribution is 8.13. The number of hydrogen-bond acceptors (Lipinski definition) is 6. The van der Waals surface area contributed by atoms with Crippen molar-refractivity contribution in [2.45, 2.75) is 16.7 Å². The van der Waals surface area contributed by atoms with Gasteiger partial charge in [0.25, 0.3) is 20.9 Å². The van der Waals surface area contributed by atoms with Crippen LogP contribution in [0.2, 0.25) is 5.02 Å². The molecule has 1 N–H and O–H groups in total. The number of amides is 1. The summed E-state index contributed by atoms with van der Waals surface area (Å²) in [6.07, 6.45) is 0. The van der Waals surface area contributed by atoms with Crippen molar-refractivity contribution in [1.82, 2.24) is 4.90 Å². The van der Waals surface area contributed by atoms with E-state index in [0.717, 1.165) is 23.9 Å². The number of nitrogens with zero attached hydrogens (tertiary/aromatic N) is 2. The molecule has 0 saturated heterocycles. The van der Waals surface area contributed by atoms with E-state index in [1.54, 1.807) is 26.2 Å². The van der Waals surface area contributed by atoms with Crippen molar-refractivity contribution in [1.29, 1.82) is 0 Å². The summed E-state index contributed by atoms with van der Waals surface area (Å²) in [7, 11) is -0.900. The molecule has 1 amide bonds. The fourth-order valence-electron chi connectivity index (χ4n) is 2.01. The fourth-order valence-corrected chi connectivity index (χ4v) is 4.10. The molecule has 0 aliphatic rings. The maximum Gasteiger partial charge on any atom is 0.285 e. The molecular weight excluding hydrogens is 414 g/mol. The molecule has 0 heterocycles. The van der Waals surface area contributed by atoms with Crippen LogP contribution >= 0.6 is 23.4 Å². The smallest absolute Gasteiger partial charge is 0.285 e. The molecular formula is C16H16ClN3O5S2. The van der Waals surface area contributed by atoms with Crippen molar-refractivity contribution in [2.24, 2.45) is 0 Å². The van der Waals surface area contributed by atoms with Crippen LogP contribution in [0.15, 0.2) is 46.2 Å². The van der Waals surface area contributed by atoms with Crippen LogP contribution in [0, 0.1) is 17.0 Å². The molecule has 8 nitrogen and oxygen atoms in total. The summed E-state index contributed by atoms with van der Waals surface area (Å²) in [5, 5.41) is 10.9. The molecule has 144 valence electrons. The third kappa shape index (κ3) is 5.12. The van der Waals surface area contributed by atoms with E-state index < -0.39 is 14.9 Å². The SMILES string of the molecule is Cc1c(Cl)cc(S(=O)(=O)Nc2cccc(SC(=O)N(C)C)c2)cc1[N+](=O)[O-]. The summed E-state index contributed by atoms with van der Waals surface area (Å²) in [4.78, 5) is 23.8. The molecule has 0 saturated carbocycles. The predicted molar refractivity (Wildman–Crippen MR) is 105 cm³/mol. The zero-order chi connectivity index (χ0) is 20.4. The van der Waals surface area contributed by atoms with E-state index in [0.29, 0.717) is 4.90 Å². The third-order valence-corrected chi connectivity index (χ3v) is 6.24. The number of carbonyl (C=O) groups is 1. The van der Waals surface area contributed by atoms with E-state index in [-0.39, 0.29) is 32.1 Å². The zero-order valence-corrected chi connectivity index (χ0v) is 17.0. The van der Waals surface area contributed by atoms with Gasteiger partial charge in [0.15, 0.2) is 0 Å². The van der Waals surface area contributed by atoms with E-state index in [4.69, 9.17) is 11.6 Å². The molecule has 0 aromatic heterocycles. The number of benzene rings is 2. The summed E-state index contributed by atoms with van der Waals surface area (Å²) in [6.45, 7) is 1.44. The molecule has 0 bridgehead atoms. The number of halogens is 1. The summed E-state index contributed by atoms with van der Waals surface area (Å²) in [5.41, 5.74) is 0.0101. The first-order valence-electron chi connectivity index (χ1n) is 7.48. The summed E-state index contributed by atoms with van der Waals surface area (Å²) < 4.78 is 27.6. The van der Waals surface area contributed by atoms with Crippen molar-refractivity contribution < 1.29 is 18.1 Å².